The van der Waals surface area contributed by atoms with E-state index in [2.05, 4.69) is 4.90 Å². The molecule has 2 amide bonds. The highest BCUT2D eigenvalue weighted by molar-refractivity contribution is 7.98. The summed E-state index contributed by atoms with van der Waals surface area (Å²) in [5.41, 5.74) is 0.733. The van der Waals surface area contributed by atoms with E-state index in [1.54, 1.807) is 11.8 Å². The molecule has 3 saturated heterocycles. The van der Waals surface area contributed by atoms with E-state index in [1.165, 1.54) is 19.3 Å². The maximum Gasteiger partial charge on any atom is 0.253 e. The Labute approximate surface area is 153 Å². The molecule has 1 aromatic rings. The minimum atomic E-state index is -0.00625. The maximum atomic E-state index is 13.0. The highest BCUT2D eigenvalue weighted by atomic mass is 32.2. The first-order valence-corrected chi connectivity index (χ1v) is 10.6. The minimum absolute atomic E-state index is 0.00625. The summed E-state index contributed by atoms with van der Waals surface area (Å²) >= 11 is 1.68. The van der Waals surface area contributed by atoms with Crippen LogP contribution in [0.15, 0.2) is 29.2 Å². The fourth-order valence-electron chi connectivity index (χ4n) is 4.32. The van der Waals surface area contributed by atoms with Crippen molar-refractivity contribution in [2.24, 2.45) is 11.8 Å². The quantitative estimate of drug-likeness (QED) is 0.776. The Hall–Kier alpha value is -1.49. The van der Waals surface area contributed by atoms with E-state index in [0.29, 0.717) is 19.0 Å². The smallest absolute Gasteiger partial charge is 0.253 e. The van der Waals surface area contributed by atoms with Crippen LogP contribution in [0.1, 0.15) is 42.5 Å². The molecule has 3 aliphatic heterocycles. The molecule has 0 spiro atoms. The van der Waals surface area contributed by atoms with Crippen LogP contribution < -0.4 is 0 Å². The second-order valence-corrected chi connectivity index (χ2v) is 8.53. The van der Waals surface area contributed by atoms with Crippen molar-refractivity contribution in [1.82, 2.24) is 9.80 Å². The van der Waals surface area contributed by atoms with Crippen LogP contribution in [0.3, 0.4) is 0 Å². The van der Waals surface area contributed by atoms with E-state index in [1.807, 2.05) is 35.4 Å². The van der Waals surface area contributed by atoms with Gasteiger partial charge < -0.3 is 9.80 Å². The molecule has 0 N–H and O–H groups in total. The first kappa shape index (κ1) is 17.0. The second-order valence-electron chi connectivity index (χ2n) is 7.65. The molecular formula is C20H26N2O2S. The highest BCUT2D eigenvalue weighted by Gasteiger charge is 2.42. The lowest BCUT2D eigenvalue weighted by atomic mass is 9.83. The van der Waals surface area contributed by atoms with E-state index in [0.717, 1.165) is 29.8 Å². The Morgan fingerprint density at radius 2 is 1.88 bits per heavy atom. The zero-order valence-electron chi connectivity index (χ0n) is 14.8. The van der Waals surface area contributed by atoms with Crippen molar-refractivity contribution in [3.63, 3.8) is 0 Å². The lowest BCUT2D eigenvalue weighted by molar-refractivity contribution is -0.141. The zero-order valence-corrected chi connectivity index (χ0v) is 15.6. The molecule has 0 radical (unpaired) electrons. The van der Waals surface area contributed by atoms with Gasteiger partial charge in [-0.25, -0.2) is 0 Å². The lowest BCUT2D eigenvalue weighted by Gasteiger charge is -2.40. The Morgan fingerprint density at radius 1 is 1.12 bits per heavy atom. The average Bonchev–Trinajstić information content (AvgIpc) is 2.89. The minimum Gasteiger partial charge on any atom is -0.337 e. The molecule has 5 rings (SSSR count). The first-order chi connectivity index (χ1) is 12.2. The van der Waals surface area contributed by atoms with Gasteiger partial charge >= 0.3 is 0 Å². The Bertz CT molecular complexity index is 656. The van der Waals surface area contributed by atoms with E-state index in [9.17, 15) is 9.59 Å². The molecule has 5 heteroatoms. The fourth-order valence-corrected chi connectivity index (χ4v) is 4.72. The van der Waals surface area contributed by atoms with E-state index < -0.39 is 0 Å². The van der Waals surface area contributed by atoms with Crippen molar-refractivity contribution in [3.8, 4) is 0 Å². The second kappa shape index (κ2) is 7.02. The molecule has 0 aromatic heterocycles. The molecule has 1 aliphatic carbocycles. The number of thioether (sulfide) groups is 1. The standard InChI is InChI=1S/C20H26N2O2S/c1-25-18-9-6-15(7-10-18)19(23)21-12-16-5-8-17(13-21)22(20(16)24)11-14-3-2-4-14/h6-7,9-10,14,16-17H,2-5,8,11-13H2,1H3/t16-,17+/m1/s1. The number of carbonyl (C=O) groups is 2. The van der Waals surface area contributed by atoms with Gasteiger partial charge in [-0.2, -0.15) is 0 Å². The topological polar surface area (TPSA) is 40.6 Å². The average molecular weight is 359 g/mol. The third-order valence-electron chi connectivity index (χ3n) is 6.10. The molecule has 25 heavy (non-hydrogen) atoms. The van der Waals surface area contributed by atoms with Gasteiger partial charge in [-0.3, -0.25) is 9.59 Å². The number of carbonyl (C=O) groups excluding carboxylic acids is 2. The maximum absolute atomic E-state index is 13.0. The summed E-state index contributed by atoms with van der Waals surface area (Å²) in [6.45, 7) is 2.18. The summed E-state index contributed by atoms with van der Waals surface area (Å²) < 4.78 is 0. The van der Waals surface area contributed by atoms with Gasteiger partial charge in [0, 0.05) is 36.1 Å². The van der Waals surface area contributed by atoms with Crippen LogP contribution >= 0.6 is 11.8 Å². The number of hydrogen-bond donors (Lipinski definition) is 0. The molecule has 4 aliphatic rings. The SMILES string of the molecule is CSc1ccc(C(=O)N2C[C@H]3CC[C@@H](C2)N(CC2CCC2)C3=O)cc1. The fraction of sp³-hybridized carbons (Fsp3) is 0.600. The number of fused-ring (bicyclic) bond motifs is 4. The number of amides is 2. The van der Waals surface area contributed by atoms with Crippen molar-refractivity contribution in [1.29, 1.82) is 0 Å². The number of nitrogens with zero attached hydrogens (tertiary/aromatic N) is 2. The van der Waals surface area contributed by atoms with Gasteiger partial charge in [-0.05, 0) is 62.1 Å². The number of hydrogen-bond acceptors (Lipinski definition) is 3. The van der Waals surface area contributed by atoms with Crippen molar-refractivity contribution < 1.29 is 9.59 Å². The molecule has 2 atom stereocenters. The summed E-state index contributed by atoms with van der Waals surface area (Å²) in [4.78, 5) is 31.0. The predicted molar refractivity (Wildman–Crippen MR) is 99.7 cm³/mol. The third kappa shape index (κ3) is 3.31. The molecule has 3 heterocycles. The largest absolute Gasteiger partial charge is 0.337 e. The molecule has 0 unspecified atom stereocenters. The Balaban J connectivity index is 1.50. The van der Waals surface area contributed by atoms with Crippen LogP contribution in [-0.2, 0) is 4.79 Å². The predicted octanol–water partition coefficient (Wildman–Crippen LogP) is 3.27. The van der Waals surface area contributed by atoms with Gasteiger partial charge in [0.05, 0.1) is 5.92 Å². The van der Waals surface area contributed by atoms with Crippen LogP contribution in [0.5, 0.6) is 0 Å². The molecule has 4 nitrogen and oxygen atoms in total. The number of benzene rings is 1. The van der Waals surface area contributed by atoms with Gasteiger partial charge in [0.2, 0.25) is 5.91 Å². The van der Waals surface area contributed by atoms with Crippen molar-refractivity contribution >= 4 is 23.6 Å². The third-order valence-corrected chi connectivity index (χ3v) is 6.84. The van der Waals surface area contributed by atoms with Crippen LogP contribution in [-0.4, -0.2) is 53.5 Å². The monoisotopic (exact) mass is 358 g/mol. The lowest BCUT2D eigenvalue weighted by Crippen LogP contribution is -2.50. The molecule has 2 bridgehead atoms. The molecular weight excluding hydrogens is 332 g/mol. The van der Waals surface area contributed by atoms with Crippen LogP contribution in [0.2, 0.25) is 0 Å². The van der Waals surface area contributed by atoms with Crippen molar-refractivity contribution in [2.45, 2.75) is 43.0 Å². The van der Waals surface area contributed by atoms with Crippen LogP contribution in [0.4, 0.5) is 0 Å². The zero-order chi connectivity index (χ0) is 17.4. The summed E-state index contributed by atoms with van der Waals surface area (Å²) in [6.07, 6.45) is 7.82. The van der Waals surface area contributed by atoms with Crippen molar-refractivity contribution in [3.05, 3.63) is 29.8 Å². The Kier molecular flexibility index (Phi) is 4.76. The number of rotatable bonds is 4. The molecule has 4 fully saturated rings. The summed E-state index contributed by atoms with van der Waals surface area (Å²) in [7, 11) is 0. The van der Waals surface area contributed by atoms with Gasteiger partial charge in [-0.1, -0.05) is 6.42 Å². The summed E-state index contributed by atoms with van der Waals surface area (Å²) in [5.74, 6) is 1.04. The summed E-state index contributed by atoms with van der Waals surface area (Å²) in [6, 6.07) is 8.03. The highest BCUT2D eigenvalue weighted by Crippen LogP contribution is 2.34. The van der Waals surface area contributed by atoms with Gasteiger partial charge in [0.15, 0.2) is 0 Å². The normalized spacial score (nSPS) is 26.5. The van der Waals surface area contributed by atoms with E-state index in [4.69, 9.17) is 0 Å². The van der Waals surface area contributed by atoms with Crippen LogP contribution in [0.25, 0.3) is 0 Å². The van der Waals surface area contributed by atoms with Gasteiger partial charge in [-0.15, -0.1) is 11.8 Å². The van der Waals surface area contributed by atoms with Gasteiger partial charge in [0.1, 0.15) is 0 Å². The van der Waals surface area contributed by atoms with E-state index in [-0.39, 0.29) is 23.8 Å². The molecule has 1 aromatic carbocycles. The van der Waals surface area contributed by atoms with Crippen molar-refractivity contribution in [2.75, 3.05) is 25.9 Å². The molecule has 1 saturated carbocycles. The van der Waals surface area contributed by atoms with Crippen LogP contribution in [0, 0.1) is 11.8 Å². The van der Waals surface area contributed by atoms with Gasteiger partial charge in [0.25, 0.3) is 5.91 Å². The first-order valence-electron chi connectivity index (χ1n) is 9.39. The summed E-state index contributed by atoms with van der Waals surface area (Å²) in [5, 5.41) is 0. The Morgan fingerprint density at radius 3 is 2.52 bits per heavy atom. The van der Waals surface area contributed by atoms with E-state index >= 15 is 0 Å². The molecule has 134 valence electrons. The number of piperidine rings is 1.